The molecule has 2 amide bonds. The number of hydrogen-bond acceptors (Lipinski definition) is 4. The van der Waals surface area contributed by atoms with E-state index in [-0.39, 0.29) is 31.6 Å². The molecule has 0 saturated carbocycles. The average molecular weight is 465 g/mol. The van der Waals surface area contributed by atoms with E-state index >= 15 is 4.39 Å². The number of aryl methyl sites for hydroxylation is 1. The Morgan fingerprint density at radius 1 is 1.26 bits per heavy atom. The largest absolute Gasteiger partial charge is 0.436 e. The summed E-state index contributed by atoms with van der Waals surface area (Å²) in [5.74, 6) is -1.60. The maximum absolute atomic E-state index is 15.5. The number of halogens is 5. The van der Waals surface area contributed by atoms with Gasteiger partial charge in [-0.1, -0.05) is 0 Å². The van der Waals surface area contributed by atoms with Crippen LogP contribution in [0.4, 0.5) is 32.4 Å². The SMILES string of the molecule is Cn1cc(S(=O)C(C)(F)C2CCN(C(=O)Nc3ccnc(F)c3)CC2)c(C(F)(F)F)n1. The highest BCUT2D eigenvalue weighted by atomic mass is 32.2. The predicted octanol–water partition coefficient (Wildman–Crippen LogP) is 3.71. The molecule has 0 spiro atoms. The summed E-state index contributed by atoms with van der Waals surface area (Å²) in [6.45, 7) is 1.20. The van der Waals surface area contributed by atoms with Crippen molar-refractivity contribution in [3.05, 3.63) is 36.2 Å². The minimum absolute atomic E-state index is 0.0957. The molecule has 13 heteroatoms. The molecule has 0 aliphatic carbocycles. The van der Waals surface area contributed by atoms with Crippen molar-refractivity contribution in [2.45, 2.75) is 35.8 Å². The smallest absolute Gasteiger partial charge is 0.325 e. The normalized spacial score (nSPS) is 18.5. The Labute approximate surface area is 177 Å². The van der Waals surface area contributed by atoms with E-state index in [9.17, 15) is 26.6 Å². The second-order valence-electron chi connectivity index (χ2n) is 7.33. The fourth-order valence-electron chi connectivity index (χ4n) is 3.45. The first-order valence-electron chi connectivity index (χ1n) is 9.28. The molecule has 31 heavy (non-hydrogen) atoms. The third-order valence-electron chi connectivity index (χ3n) is 5.12. The summed E-state index contributed by atoms with van der Waals surface area (Å²) >= 11 is 0. The summed E-state index contributed by atoms with van der Waals surface area (Å²) in [4.78, 5) is 16.4. The Morgan fingerprint density at radius 2 is 1.90 bits per heavy atom. The Bertz CT molecular complexity index is 986. The zero-order chi connectivity index (χ0) is 23.0. The molecule has 170 valence electrons. The van der Waals surface area contributed by atoms with Gasteiger partial charge in [0.05, 0.1) is 15.7 Å². The molecule has 2 aromatic rings. The lowest BCUT2D eigenvalue weighted by molar-refractivity contribution is -0.143. The fourth-order valence-corrected chi connectivity index (χ4v) is 5.00. The maximum Gasteiger partial charge on any atom is 0.436 e. The van der Waals surface area contributed by atoms with E-state index in [1.807, 2.05) is 0 Å². The van der Waals surface area contributed by atoms with Crippen molar-refractivity contribution in [3.8, 4) is 0 Å². The third kappa shape index (κ3) is 5.02. The van der Waals surface area contributed by atoms with Crippen molar-refractivity contribution < 1.29 is 31.0 Å². The maximum atomic E-state index is 15.5. The minimum Gasteiger partial charge on any atom is -0.325 e. The molecule has 1 saturated heterocycles. The number of nitrogens with zero attached hydrogens (tertiary/aromatic N) is 4. The van der Waals surface area contributed by atoms with Gasteiger partial charge in [-0.3, -0.25) is 8.89 Å². The van der Waals surface area contributed by atoms with Crippen LogP contribution in [0.15, 0.2) is 29.4 Å². The second-order valence-corrected chi connectivity index (χ2v) is 9.10. The Kier molecular flexibility index (Phi) is 6.35. The summed E-state index contributed by atoms with van der Waals surface area (Å²) < 4.78 is 81.8. The molecule has 7 nitrogen and oxygen atoms in total. The van der Waals surface area contributed by atoms with Gasteiger partial charge in [0.1, 0.15) is 0 Å². The Hall–Kier alpha value is -2.57. The number of amides is 2. The van der Waals surface area contributed by atoms with E-state index in [0.717, 1.165) is 23.9 Å². The molecular formula is C18H20F5N5O2S. The van der Waals surface area contributed by atoms with Crippen LogP contribution in [-0.2, 0) is 24.0 Å². The number of nitrogens with one attached hydrogen (secondary N) is 1. The molecule has 2 aromatic heterocycles. The molecule has 1 aliphatic heterocycles. The second kappa shape index (κ2) is 8.52. The highest BCUT2D eigenvalue weighted by Crippen LogP contribution is 2.40. The quantitative estimate of drug-likeness (QED) is 0.552. The molecule has 1 fully saturated rings. The Morgan fingerprint density at radius 3 is 2.48 bits per heavy atom. The molecule has 3 rings (SSSR count). The first kappa shape index (κ1) is 23.1. The summed E-state index contributed by atoms with van der Waals surface area (Å²) in [5.41, 5.74) is -1.18. The van der Waals surface area contributed by atoms with Crippen molar-refractivity contribution in [2.24, 2.45) is 13.0 Å². The molecule has 2 unspecified atom stereocenters. The van der Waals surface area contributed by atoms with Crippen molar-refractivity contribution in [1.29, 1.82) is 0 Å². The van der Waals surface area contributed by atoms with Gasteiger partial charge in [-0.25, -0.2) is 14.2 Å². The van der Waals surface area contributed by atoms with E-state index in [2.05, 4.69) is 15.4 Å². The van der Waals surface area contributed by atoms with Crippen LogP contribution in [0.1, 0.15) is 25.5 Å². The minimum atomic E-state index is -4.86. The fraction of sp³-hybridized carbons (Fsp3) is 0.500. The van der Waals surface area contributed by atoms with Gasteiger partial charge in [0.15, 0.2) is 10.7 Å². The van der Waals surface area contributed by atoms with Crippen LogP contribution in [0.3, 0.4) is 0 Å². The molecule has 1 aliphatic rings. The number of carbonyl (C=O) groups excluding carboxylic acids is 1. The molecule has 2 atom stereocenters. The van der Waals surface area contributed by atoms with Crippen molar-refractivity contribution in [3.63, 3.8) is 0 Å². The van der Waals surface area contributed by atoms with E-state index in [4.69, 9.17) is 0 Å². The molecule has 0 aromatic carbocycles. The average Bonchev–Trinajstić information content (AvgIpc) is 3.09. The van der Waals surface area contributed by atoms with Crippen molar-refractivity contribution in [1.82, 2.24) is 19.7 Å². The molecule has 0 radical (unpaired) electrons. The number of piperidine rings is 1. The number of hydrogen-bond donors (Lipinski definition) is 1. The van der Waals surface area contributed by atoms with Crippen LogP contribution >= 0.6 is 0 Å². The van der Waals surface area contributed by atoms with Crippen molar-refractivity contribution in [2.75, 3.05) is 18.4 Å². The summed E-state index contributed by atoms with van der Waals surface area (Å²) in [7, 11) is -1.39. The van der Waals surface area contributed by atoms with Gasteiger partial charge in [-0.2, -0.15) is 22.7 Å². The predicted molar refractivity (Wildman–Crippen MR) is 102 cm³/mol. The van der Waals surface area contributed by atoms with E-state index in [1.54, 1.807) is 0 Å². The lowest BCUT2D eigenvalue weighted by Crippen LogP contribution is -2.46. The lowest BCUT2D eigenvalue weighted by atomic mass is 9.92. The van der Waals surface area contributed by atoms with Crippen molar-refractivity contribution >= 4 is 22.5 Å². The first-order chi connectivity index (χ1) is 14.4. The number of carbonyl (C=O) groups is 1. The molecule has 0 bridgehead atoms. The zero-order valence-electron chi connectivity index (χ0n) is 16.6. The lowest BCUT2D eigenvalue weighted by Gasteiger charge is -2.37. The Balaban J connectivity index is 1.67. The van der Waals surface area contributed by atoms with Gasteiger partial charge in [-0.15, -0.1) is 0 Å². The van der Waals surface area contributed by atoms with Gasteiger partial charge in [0.2, 0.25) is 5.95 Å². The monoisotopic (exact) mass is 465 g/mol. The number of pyridine rings is 1. The highest BCUT2D eigenvalue weighted by Gasteiger charge is 2.47. The topological polar surface area (TPSA) is 80.1 Å². The van der Waals surface area contributed by atoms with Gasteiger partial charge < -0.3 is 10.2 Å². The number of rotatable bonds is 4. The van der Waals surface area contributed by atoms with Crippen LogP contribution in [0.5, 0.6) is 0 Å². The number of likely N-dealkylation sites (tertiary alicyclic amines) is 1. The molecular weight excluding hydrogens is 445 g/mol. The van der Waals surface area contributed by atoms with Crippen LogP contribution in [-0.4, -0.2) is 48.0 Å². The molecule has 3 heterocycles. The third-order valence-corrected chi connectivity index (χ3v) is 6.87. The summed E-state index contributed by atoms with van der Waals surface area (Å²) in [6.07, 6.45) is -2.57. The van der Waals surface area contributed by atoms with Crippen LogP contribution in [0, 0.1) is 11.9 Å². The first-order valence-corrected chi connectivity index (χ1v) is 10.4. The number of alkyl halides is 4. The van der Waals surface area contributed by atoms with E-state index in [0.29, 0.717) is 0 Å². The van der Waals surface area contributed by atoms with Crippen LogP contribution in [0.2, 0.25) is 0 Å². The van der Waals surface area contributed by atoms with Gasteiger partial charge >= 0.3 is 12.2 Å². The van der Waals surface area contributed by atoms with Gasteiger partial charge in [-0.05, 0) is 25.8 Å². The van der Waals surface area contributed by atoms with Gasteiger partial charge in [0, 0.05) is 50.2 Å². The highest BCUT2D eigenvalue weighted by molar-refractivity contribution is 7.86. The standard InChI is InChI=1S/C18H20F5N5O2S/c1-17(20,31(30)13-10-27(2)26-15(13)18(21,22)23)11-4-7-28(8-5-11)16(29)25-12-3-6-24-14(19)9-12/h3,6,9-11H,4-5,7-8H2,1-2H3,(H,24,25,29). The van der Waals surface area contributed by atoms with E-state index in [1.165, 1.54) is 24.2 Å². The van der Waals surface area contributed by atoms with Crippen LogP contribution in [0.25, 0.3) is 0 Å². The van der Waals surface area contributed by atoms with Crippen LogP contribution < -0.4 is 5.32 Å². The summed E-state index contributed by atoms with van der Waals surface area (Å²) in [5, 5.41) is 3.32. The zero-order valence-corrected chi connectivity index (χ0v) is 17.4. The number of aromatic nitrogens is 3. The molecule has 1 N–H and O–H groups in total. The number of anilines is 1. The summed E-state index contributed by atoms with van der Waals surface area (Å²) in [6, 6.07) is 1.91. The number of urea groups is 1. The van der Waals surface area contributed by atoms with E-state index < -0.39 is 50.5 Å². The van der Waals surface area contributed by atoms with Gasteiger partial charge in [0.25, 0.3) is 0 Å².